The Morgan fingerprint density at radius 2 is 1.24 bits per heavy atom. The van der Waals surface area contributed by atoms with Gasteiger partial charge >= 0.3 is 0 Å². The maximum absolute atomic E-state index is 14.7. The van der Waals surface area contributed by atoms with E-state index in [2.05, 4.69) is 45.5 Å². The molecule has 0 spiro atoms. The number of hydrogen-bond donors (Lipinski definition) is 5. The van der Waals surface area contributed by atoms with Gasteiger partial charge in [-0.2, -0.15) is 0 Å². The van der Waals surface area contributed by atoms with Crippen molar-refractivity contribution in [3.05, 3.63) is 116 Å². The first-order valence-electron chi connectivity index (χ1n) is 20.4. The van der Waals surface area contributed by atoms with E-state index in [1.165, 1.54) is 31.6 Å². The number of halogens is 4. The number of ether oxygens (including phenoxy) is 2. The minimum absolute atomic E-state index is 0. The van der Waals surface area contributed by atoms with Crippen LogP contribution in [0.4, 0.5) is 20.4 Å². The molecule has 9 rings (SSSR count). The molecule has 0 amide bonds. The molecule has 23 heteroatoms. The van der Waals surface area contributed by atoms with Crippen LogP contribution >= 0.6 is 23.2 Å². The normalized spacial score (nSPS) is 20.1. The van der Waals surface area contributed by atoms with E-state index in [0.29, 0.717) is 52.3 Å². The summed E-state index contributed by atoms with van der Waals surface area (Å²) in [6, 6.07) is 8.95. The molecule has 372 valence electrons. The molecule has 16 nitrogen and oxygen atoms in total. The van der Waals surface area contributed by atoms with Crippen LogP contribution in [0, 0.1) is 33.4 Å². The summed E-state index contributed by atoms with van der Waals surface area (Å²) < 4.78 is 67.7. The maximum Gasteiger partial charge on any atom is 0.269 e. The van der Waals surface area contributed by atoms with E-state index < -0.39 is 39.9 Å². The molecule has 68 heavy (non-hydrogen) atoms. The van der Waals surface area contributed by atoms with Crippen LogP contribution in [0.5, 0.6) is 0 Å². The predicted octanol–water partition coefficient (Wildman–Crippen LogP) is 8.22. The zero-order chi connectivity index (χ0) is 45.3. The van der Waals surface area contributed by atoms with Gasteiger partial charge in [-0.15, -0.1) is 0 Å². The van der Waals surface area contributed by atoms with Crippen LogP contribution in [0.15, 0.2) is 78.5 Å². The van der Waals surface area contributed by atoms with Crippen LogP contribution in [0.25, 0.3) is 44.8 Å². The Labute approximate surface area is 430 Å². The van der Waals surface area contributed by atoms with Gasteiger partial charge in [0.2, 0.25) is 0 Å². The van der Waals surface area contributed by atoms with Crippen LogP contribution in [0.2, 0.25) is 10.0 Å². The fourth-order valence-corrected chi connectivity index (χ4v) is 9.70. The largest absolute Gasteiger partial charge is 0.388 e. The number of anilines is 2. The molecule has 2 saturated carbocycles. The van der Waals surface area contributed by atoms with E-state index in [9.17, 15) is 27.4 Å². The zero-order valence-electron chi connectivity index (χ0n) is 37.3. The summed E-state index contributed by atoms with van der Waals surface area (Å²) in [5.41, 5.74) is 2.67. The van der Waals surface area contributed by atoms with Crippen molar-refractivity contribution in [3.8, 4) is 22.8 Å². The number of fused-ring (bicyclic) bond motifs is 2. The number of nitrogens with one attached hydrogen (secondary N) is 3. The fraction of sp³-hybridized carbons (Fsp3) is 0.333. The molecule has 0 bridgehead atoms. The first-order chi connectivity index (χ1) is 30.7. The zero-order valence-corrected chi connectivity index (χ0v) is 42.8. The number of aliphatic hydroxyl groups is 2. The second-order valence-corrected chi connectivity index (χ2v) is 18.3. The quantitative estimate of drug-likeness (QED) is 0.0645. The van der Waals surface area contributed by atoms with Gasteiger partial charge in [-0.25, -0.2) is 51.1 Å². The molecule has 0 radical (unpaired) electrons. The Morgan fingerprint density at radius 3 is 1.76 bits per heavy atom. The number of methoxy groups -OCH3 is 2. The summed E-state index contributed by atoms with van der Waals surface area (Å²) in [4.78, 5) is 28.5. The minimum atomic E-state index is -4.02. The van der Waals surface area contributed by atoms with Gasteiger partial charge < -0.3 is 50.2 Å². The summed E-state index contributed by atoms with van der Waals surface area (Å²) >= 11 is 12.2. The van der Waals surface area contributed by atoms with E-state index in [0.717, 1.165) is 46.6 Å². The molecule has 2 fully saturated rings. The molecule has 7 aromatic rings. The van der Waals surface area contributed by atoms with Gasteiger partial charge in [-0.3, -0.25) is 0 Å². The molecule has 0 aliphatic heterocycles. The van der Waals surface area contributed by atoms with Gasteiger partial charge in [-0.1, -0.05) is 40.9 Å². The number of pyridine rings is 2. The number of H-pyrrole nitrogens is 1. The van der Waals surface area contributed by atoms with Crippen molar-refractivity contribution >= 4 is 66.9 Å². The van der Waals surface area contributed by atoms with Gasteiger partial charge in [0.25, 0.3) is 10.0 Å². The Morgan fingerprint density at radius 1 is 0.735 bits per heavy atom. The van der Waals surface area contributed by atoms with E-state index in [1.54, 1.807) is 43.8 Å². The molecule has 2 aliphatic rings. The monoisotopic (exact) mass is 1180 g/mol. The standard InChI is InChI=1S/C25H25ClFN5O4S.C18H19ClFN5O2.2CH3.2Pd/c1-14-6-8-16(9-7-14)37(34,35)32-13-18(17-10-15(26)11-29-25(17)32)23-28-12-19(27)24(31-23)30-20-4-3-5-21(36-2)22(20)33;1-27-14-4-2-3-13(15(14)26)24-18-12(20)8-23-17(25-18)11-7-22-16-10(11)5-9(19)6-21-16;;;;/h6-13,20-22,33H,3-5H2,1-2H3,(H,28,30,31);5-8,13-15,26H,2-4H2,1H3,(H,21,22)(H,23,24,25);2*1H3;;/q;;2*-1;;/t20?,21-,22-;13?,14-,15-;;;;/m11..../s1. The average Bonchev–Trinajstić information content (AvgIpc) is 3.89. The molecule has 2 aliphatic carbocycles. The van der Waals surface area contributed by atoms with Crippen molar-refractivity contribution in [1.82, 2.24) is 38.9 Å². The van der Waals surface area contributed by atoms with Crippen LogP contribution in [0.1, 0.15) is 44.1 Å². The molecule has 0 saturated heterocycles. The van der Waals surface area contributed by atoms with Crippen molar-refractivity contribution < 1.29 is 77.7 Å². The fourth-order valence-electron chi connectivity index (χ4n) is 8.06. The Hall–Kier alpha value is -4.09. The molecular formula is C45H50Cl2F2N10O6Pd2S-2. The average molecular weight is 1180 g/mol. The molecule has 5 N–H and O–H groups in total. The summed E-state index contributed by atoms with van der Waals surface area (Å²) in [7, 11) is -0.929. The summed E-state index contributed by atoms with van der Waals surface area (Å²) in [5.74, 6) is -0.940. The van der Waals surface area contributed by atoms with Crippen LogP contribution in [0.3, 0.4) is 0 Å². The molecule has 1 aromatic carbocycles. The SMILES string of the molecule is CO[C@@H]1CCCC(Nc2nc(-c3c[nH]c4ncc(Cl)cc34)ncc2F)[C@H]1O.CO[C@@H]1CCCC(Nc2nc(-c3cn(S(=O)(=O)c4ccc(C)cc4)c4ncc(Cl)cc34)ncc2F)[C@H]1O.[CH3-].[CH3-].[Pd].[Pd]. The topological polar surface area (TPSA) is 215 Å². The summed E-state index contributed by atoms with van der Waals surface area (Å²) in [6.45, 7) is 1.86. The van der Waals surface area contributed by atoms with E-state index in [1.807, 2.05) is 6.92 Å². The van der Waals surface area contributed by atoms with Crippen molar-refractivity contribution in [1.29, 1.82) is 0 Å². The Bertz CT molecular complexity index is 2920. The first-order valence-corrected chi connectivity index (χ1v) is 22.6. The summed E-state index contributed by atoms with van der Waals surface area (Å²) in [5, 5.41) is 28.9. The number of aliphatic hydroxyl groups excluding tert-OH is 2. The van der Waals surface area contributed by atoms with Crippen molar-refractivity contribution in [2.24, 2.45) is 0 Å². The van der Waals surface area contributed by atoms with E-state index in [4.69, 9.17) is 32.7 Å². The van der Waals surface area contributed by atoms with Crippen molar-refractivity contribution in [3.63, 3.8) is 0 Å². The number of aryl methyl sites for hydroxylation is 1. The Kier molecular flexibility index (Phi) is 20.1. The van der Waals surface area contributed by atoms with Gasteiger partial charge in [0.15, 0.2) is 40.6 Å². The van der Waals surface area contributed by atoms with Gasteiger partial charge in [-0.05, 0) is 69.7 Å². The Balaban J connectivity index is 0.000000292. The van der Waals surface area contributed by atoms with E-state index in [-0.39, 0.29) is 107 Å². The molecule has 6 aromatic heterocycles. The van der Waals surface area contributed by atoms with Crippen molar-refractivity contribution in [2.75, 3.05) is 24.9 Å². The summed E-state index contributed by atoms with van der Waals surface area (Å²) in [6.07, 6.45) is 10.3. The van der Waals surface area contributed by atoms with Crippen molar-refractivity contribution in [2.45, 2.75) is 86.8 Å². The molecule has 6 heterocycles. The third-order valence-electron chi connectivity index (χ3n) is 11.5. The van der Waals surface area contributed by atoms with Gasteiger partial charge in [0.05, 0.1) is 51.6 Å². The van der Waals surface area contributed by atoms with Gasteiger partial charge in [0, 0.05) is 102 Å². The number of benzene rings is 1. The second-order valence-electron chi connectivity index (χ2n) is 15.6. The van der Waals surface area contributed by atoms with Gasteiger partial charge in [0.1, 0.15) is 17.9 Å². The third-order valence-corrected chi connectivity index (χ3v) is 13.5. The van der Waals surface area contributed by atoms with Crippen LogP contribution < -0.4 is 10.6 Å². The number of aromatic amines is 1. The maximum atomic E-state index is 14.7. The number of hydrogen-bond acceptors (Lipinski definition) is 14. The minimum Gasteiger partial charge on any atom is -0.388 e. The molecule has 6 atom stereocenters. The number of aromatic nitrogens is 8. The molecular weight excluding hydrogens is 1130 g/mol. The first kappa shape index (κ1) is 56.5. The predicted molar refractivity (Wildman–Crippen MR) is 251 cm³/mol. The van der Waals surface area contributed by atoms with Crippen LogP contribution in [-0.4, -0.2) is 108 Å². The van der Waals surface area contributed by atoms with Crippen LogP contribution in [-0.2, 0) is 60.3 Å². The second kappa shape index (κ2) is 24.2. The van der Waals surface area contributed by atoms with E-state index >= 15 is 0 Å². The molecule has 2 unspecified atom stereocenters. The number of nitrogens with zero attached hydrogens (tertiary/aromatic N) is 7. The third kappa shape index (κ3) is 11.9. The smallest absolute Gasteiger partial charge is 0.269 e. The number of rotatable bonds is 10.